The zero-order valence-corrected chi connectivity index (χ0v) is 17.2. The third kappa shape index (κ3) is 6.83. The van der Waals surface area contributed by atoms with Crippen LogP contribution >= 0.6 is 17.1 Å². The monoisotopic (exact) mass is 382 g/mol. The number of rotatable bonds is 6. The zero-order chi connectivity index (χ0) is 17.9. The quantitative estimate of drug-likeness (QED) is 0.509. The number of hydrogen-bond donors (Lipinski definition) is 0. The number of ether oxygens (including phenoxy) is 1. The maximum atomic E-state index is 12.7. The standard InChI is InChI=1S/C15H27O5PS2/c1-7-18-12(16)8-11(13(17)14(2,3)4)23-21(22)19-9-15(5,6)10-20-21/h11H,7-10H2,1-6H3. The molecule has 1 aliphatic heterocycles. The fourth-order valence-electron chi connectivity index (χ4n) is 1.84. The molecule has 0 N–H and O–H groups in total. The number of carbonyl (C=O) groups is 2. The Kier molecular flexibility index (Phi) is 7.30. The van der Waals surface area contributed by atoms with E-state index in [0.29, 0.717) is 13.2 Å². The van der Waals surface area contributed by atoms with E-state index >= 15 is 0 Å². The second-order valence-corrected chi connectivity index (χ2v) is 13.8. The van der Waals surface area contributed by atoms with E-state index in [2.05, 4.69) is 0 Å². The average molecular weight is 382 g/mol. The molecule has 0 aromatic carbocycles. The Morgan fingerprint density at radius 2 is 1.83 bits per heavy atom. The van der Waals surface area contributed by atoms with Gasteiger partial charge in [0.25, 0.3) is 0 Å². The lowest BCUT2D eigenvalue weighted by molar-refractivity contribution is -0.144. The third-order valence-corrected chi connectivity index (χ3v) is 8.53. The summed E-state index contributed by atoms with van der Waals surface area (Å²) in [5.74, 6) is -0.446. The predicted molar refractivity (Wildman–Crippen MR) is 97.1 cm³/mol. The highest BCUT2D eigenvalue weighted by atomic mass is 32.9. The first-order valence-electron chi connectivity index (χ1n) is 7.66. The van der Waals surface area contributed by atoms with E-state index in [4.69, 9.17) is 25.6 Å². The van der Waals surface area contributed by atoms with Crippen molar-refractivity contribution >= 4 is 40.6 Å². The smallest absolute Gasteiger partial charge is 0.307 e. The van der Waals surface area contributed by atoms with Crippen molar-refractivity contribution in [2.45, 2.75) is 53.2 Å². The molecular formula is C15H27O5PS2. The van der Waals surface area contributed by atoms with Gasteiger partial charge in [0.1, 0.15) is 0 Å². The third-order valence-electron chi connectivity index (χ3n) is 3.17. The SMILES string of the molecule is CCOC(=O)CC(SP1(=S)OCC(C)(C)CO1)C(=O)C(C)(C)C. The molecule has 1 atom stereocenters. The topological polar surface area (TPSA) is 61.8 Å². The maximum absolute atomic E-state index is 12.7. The number of carbonyl (C=O) groups excluding carboxylic acids is 2. The molecule has 1 unspecified atom stereocenters. The van der Waals surface area contributed by atoms with E-state index in [1.165, 1.54) is 11.4 Å². The van der Waals surface area contributed by atoms with Crippen LogP contribution in [0.25, 0.3) is 0 Å². The van der Waals surface area contributed by atoms with Gasteiger partial charge in [0.2, 0.25) is 5.69 Å². The van der Waals surface area contributed by atoms with Crippen LogP contribution in [0.3, 0.4) is 0 Å². The summed E-state index contributed by atoms with van der Waals surface area (Å²) in [5.41, 5.74) is -3.29. The lowest BCUT2D eigenvalue weighted by atomic mass is 9.88. The molecule has 0 spiro atoms. The molecule has 0 aliphatic carbocycles. The minimum Gasteiger partial charge on any atom is -0.466 e. The summed E-state index contributed by atoms with van der Waals surface area (Å²) >= 11 is 6.71. The predicted octanol–water partition coefficient (Wildman–Crippen LogP) is 3.95. The summed E-state index contributed by atoms with van der Waals surface area (Å²) in [6.45, 7) is 12.6. The minimum atomic E-state index is -2.63. The van der Waals surface area contributed by atoms with Crippen molar-refractivity contribution in [1.29, 1.82) is 0 Å². The van der Waals surface area contributed by atoms with Crippen molar-refractivity contribution in [3.05, 3.63) is 0 Å². The number of Topliss-reactive ketones (excluding diaryl/α,β-unsaturated/α-hetero) is 1. The Bertz CT molecular complexity index is 485. The Morgan fingerprint density at radius 3 is 2.26 bits per heavy atom. The van der Waals surface area contributed by atoms with E-state index in [1.807, 2.05) is 34.6 Å². The highest BCUT2D eigenvalue weighted by molar-refractivity contribution is 8.68. The maximum Gasteiger partial charge on any atom is 0.307 e. The lowest BCUT2D eigenvalue weighted by Gasteiger charge is -2.37. The molecule has 0 saturated carbocycles. The first kappa shape index (κ1) is 21.1. The van der Waals surface area contributed by atoms with Gasteiger partial charge in [-0.25, -0.2) is 0 Å². The molecule has 23 heavy (non-hydrogen) atoms. The summed E-state index contributed by atoms with van der Waals surface area (Å²) in [6, 6.07) is 0. The normalized spacial score (nSPS) is 21.5. The van der Waals surface area contributed by atoms with Crippen LogP contribution in [-0.4, -0.2) is 36.8 Å². The highest BCUT2D eigenvalue weighted by Gasteiger charge is 2.40. The van der Waals surface area contributed by atoms with Crippen LogP contribution in [0.4, 0.5) is 0 Å². The van der Waals surface area contributed by atoms with Gasteiger partial charge in [0.15, 0.2) is 5.78 Å². The fourth-order valence-corrected chi connectivity index (χ4v) is 7.40. The van der Waals surface area contributed by atoms with Gasteiger partial charge in [-0.3, -0.25) is 9.59 Å². The van der Waals surface area contributed by atoms with Gasteiger partial charge in [-0.2, -0.15) is 0 Å². The van der Waals surface area contributed by atoms with E-state index in [0.717, 1.165) is 0 Å². The largest absolute Gasteiger partial charge is 0.466 e. The second-order valence-electron chi connectivity index (χ2n) is 7.38. The van der Waals surface area contributed by atoms with Crippen LogP contribution < -0.4 is 0 Å². The molecule has 1 aliphatic rings. The molecule has 0 amide bonds. The van der Waals surface area contributed by atoms with Gasteiger partial charge in [-0.1, -0.05) is 46.0 Å². The van der Waals surface area contributed by atoms with E-state index in [9.17, 15) is 9.59 Å². The van der Waals surface area contributed by atoms with Gasteiger partial charge in [0, 0.05) is 10.8 Å². The molecule has 0 aromatic rings. The summed E-state index contributed by atoms with van der Waals surface area (Å²) < 4.78 is 16.5. The van der Waals surface area contributed by atoms with Gasteiger partial charge >= 0.3 is 5.97 Å². The Hall–Kier alpha value is 0.0600. The van der Waals surface area contributed by atoms with Gasteiger partial charge in [-0.15, -0.1) is 0 Å². The van der Waals surface area contributed by atoms with Crippen LogP contribution in [0.15, 0.2) is 0 Å². The average Bonchev–Trinajstić information content (AvgIpc) is 2.40. The van der Waals surface area contributed by atoms with E-state index in [1.54, 1.807) is 6.92 Å². The number of ketones is 1. The molecule has 0 radical (unpaired) electrons. The highest BCUT2D eigenvalue weighted by Crippen LogP contribution is 2.66. The number of esters is 1. The molecule has 134 valence electrons. The summed E-state index contributed by atoms with van der Waals surface area (Å²) in [6.07, 6.45) is -0.0108. The van der Waals surface area contributed by atoms with Gasteiger partial charge < -0.3 is 13.8 Å². The molecule has 1 fully saturated rings. The molecule has 1 saturated heterocycles. The van der Waals surface area contributed by atoms with Crippen LogP contribution in [-0.2, 0) is 35.2 Å². The van der Waals surface area contributed by atoms with Crippen molar-refractivity contribution in [1.82, 2.24) is 0 Å². The van der Waals surface area contributed by atoms with Crippen LogP contribution in [0.1, 0.15) is 48.0 Å². The van der Waals surface area contributed by atoms with Crippen molar-refractivity contribution in [2.75, 3.05) is 19.8 Å². The Labute approximate surface area is 148 Å². The molecule has 1 rings (SSSR count). The molecule has 1 heterocycles. The second kappa shape index (κ2) is 7.96. The van der Waals surface area contributed by atoms with Crippen molar-refractivity contribution in [3.63, 3.8) is 0 Å². The first-order valence-corrected chi connectivity index (χ1v) is 11.8. The summed E-state index contributed by atoms with van der Waals surface area (Å²) in [5, 5.41) is -0.610. The summed E-state index contributed by atoms with van der Waals surface area (Å²) in [7, 11) is 0. The van der Waals surface area contributed by atoms with Crippen molar-refractivity contribution in [2.24, 2.45) is 10.8 Å². The van der Waals surface area contributed by atoms with Crippen LogP contribution in [0, 0.1) is 10.8 Å². The Balaban J connectivity index is 2.86. The Morgan fingerprint density at radius 1 is 1.30 bits per heavy atom. The van der Waals surface area contributed by atoms with Crippen molar-refractivity contribution < 1.29 is 23.4 Å². The van der Waals surface area contributed by atoms with Crippen LogP contribution in [0.5, 0.6) is 0 Å². The molecule has 0 aromatic heterocycles. The fraction of sp³-hybridized carbons (Fsp3) is 0.867. The molecular weight excluding hydrogens is 355 g/mol. The van der Waals surface area contributed by atoms with Gasteiger partial charge in [0.05, 0.1) is 31.5 Å². The molecule has 8 heteroatoms. The van der Waals surface area contributed by atoms with Crippen molar-refractivity contribution in [3.8, 4) is 0 Å². The zero-order valence-electron chi connectivity index (χ0n) is 14.7. The van der Waals surface area contributed by atoms with E-state index < -0.39 is 22.3 Å². The van der Waals surface area contributed by atoms with Gasteiger partial charge in [-0.05, 0) is 18.7 Å². The lowest BCUT2D eigenvalue weighted by Crippen LogP contribution is -2.34. The summed E-state index contributed by atoms with van der Waals surface area (Å²) in [4.78, 5) is 24.5. The minimum absolute atomic E-state index is 0.0108. The van der Waals surface area contributed by atoms with Crippen LogP contribution in [0.2, 0.25) is 0 Å². The first-order chi connectivity index (χ1) is 10.4. The molecule has 5 nitrogen and oxygen atoms in total. The number of hydrogen-bond acceptors (Lipinski definition) is 7. The van der Waals surface area contributed by atoms with E-state index in [-0.39, 0.29) is 24.2 Å². The molecule has 0 bridgehead atoms.